The molecule has 1 aromatic rings. The Morgan fingerprint density at radius 3 is 1.86 bits per heavy atom. The number of amides is 3. The Balaban J connectivity index is 1.48. The maximum absolute atomic E-state index is 12.9. The zero-order valence-electron chi connectivity index (χ0n) is 17.2. The van der Waals surface area contributed by atoms with Crippen LogP contribution in [-0.4, -0.2) is 71.7 Å². The van der Waals surface area contributed by atoms with Crippen LogP contribution in [-0.2, 0) is 9.59 Å². The van der Waals surface area contributed by atoms with Crippen molar-refractivity contribution in [3.8, 4) is 0 Å². The van der Waals surface area contributed by atoms with Crippen LogP contribution < -0.4 is 0 Å². The van der Waals surface area contributed by atoms with Crippen molar-refractivity contribution in [3.63, 3.8) is 0 Å². The van der Waals surface area contributed by atoms with Gasteiger partial charge in [-0.25, -0.2) is 0 Å². The Morgan fingerprint density at radius 1 is 0.786 bits per heavy atom. The summed E-state index contributed by atoms with van der Waals surface area (Å²) in [6.07, 6.45) is 1.45. The Morgan fingerprint density at radius 2 is 1.32 bits per heavy atom. The van der Waals surface area contributed by atoms with Gasteiger partial charge in [-0.1, -0.05) is 39.0 Å². The van der Waals surface area contributed by atoms with E-state index in [2.05, 4.69) is 0 Å². The highest BCUT2D eigenvalue weighted by Gasteiger charge is 2.35. The molecule has 2 saturated heterocycles. The minimum absolute atomic E-state index is 0.0135. The molecule has 0 atom stereocenters. The number of carbonyl (C=O) groups excluding carboxylic acids is 3. The summed E-state index contributed by atoms with van der Waals surface area (Å²) in [5.74, 6) is 0.350. The second-order valence-electron chi connectivity index (χ2n) is 8.80. The summed E-state index contributed by atoms with van der Waals surface area (Å²) in [6, 6.07) is 9.28. The van der Waals surface area contributed by atoms with Crippen LogP contribution in [0.25, 0.3) is 0 Å². The third kappa shape index (κ3) is 4.54. The van der Waals surface area contributed by atoms with E-state index in [0.29, 0.717) is 44.8 Å². The van der Waals surface area contributed by atoms with Crippen LogP contribution in [0.4, 0.5) is 0 Å². The van der Waals surface area contributed by atoms with Crippen LogP contribution in [0.3, 0.4) is 0 Å². The van der Waals surface area contributed by atoms with Crippen molar-refractivity contribution in [3.05, 3.63) is 35.9 Å². The van der Waals surface area contributed by atoms with Crippen molar-refractivity contribution < 1.29 is 14.4 Å². The molecule has 0 spiro atoms. The van der Waals surface area contributed by atoms with Crippen LogP contribution in [0, 0.1) is 11.3 Å². The van der Waals surface area contributed by atoms with Gasteiger partial charge in [0.15, 0.2) is 0 Å². The average molecular weight is 386 g/mol. The molecule has 3 rings (SSSR count). The summed E-state index contributed by atoms with van der Waals surface area (Å²) in [5, 5.41) is 0. The van der Waals surface area contributed by atoms with Gasteiger partial charge in [0.05, 0.1) is 0 Å². The Bertz CT molecular complexity index is 710. The highest BCUT2D eigenvalue weighted by atomic mass is 16.2. The third-order valence-electron chi connectivity index (χ3n) is 5.67. The van der Waals surface area contributed by atoms with E-state index < -0.39 is 0 Å². The molecule has 6 nitrogen and oxygen atoms in total. The first kappa shape index (κ1) is 20.4. The fraction of sp³-hybridized carbons (Fsp3) is 0.591. The lowest BCUT2D eigenvalue weighted by atomic mass is 9.90. The molecular formula is C22H31N3O3. The van der Waals surface area contributed by atoms with Gasteiger partial charge in [-0.3, -0.25) is 14.4 Å². The molecule has 6 heteroatoms. The summed E-state index contributed by atoms with van der Waals surface area (Å²) in [7, 11) is 0. The van der Waals surface area contributed by atoms with Crippen molar-refractivity contribution in [2.45, 2.75) is 33.6 Å². The van der Waals surface area contributed by atoms with Gasteiger partial charge in [0, 0.05) is 56.2 Å². The fourth-order valence-corrected chi connectivity index (χ4v) is 3.96. The standard InChI is InChI=1S/C22H31N3O3/c1-22(2,3)21(28)25-11-9-18(10-12-25)20(27)24-15-13-23(14-16-24)19(26)17-7-5-4-6-8-17/h4-8,18H,9-16H2,1-3H3. The van der Waals surface area contributed by atoms with Gasteiger partial charge < -0.3 is 14.7 Å². The van der Waals surface area contributed by atoms with E-state index in [9.17, 15) is 14.4 Å². The zero-order chi connectivity index (χ0) is 20.3. The number of piperidine rings is 1. The molecule has 0 aliphatic carbocycles. The van der Waals surface area contributed by atoms with E-state index in [4.69, 9.17) is 0 Å². The van der Waals surface area contributed by atoms with Gasteiger partial charge in [0.25, 0.3) is 5.91 Å². The van der Waals surface area contributed by atoms with Crippen LogP contribution >= 0.6 is 0 Å². The molecule has 2 heterocycles. The van der Waals surface area contributed by atoms with Crippen molar-refractivity contribution in [1.29, 1.82) is 0 Å². The minimum Gasteiger partial charge on any atom is -0.342 e. The smallest absolute Gasteiger partial charge is 0.253 e. The molecule has 2 fully saturated rings. The van der Waals surface area contributed by atoms with E-state index in [1.807, 2.05) is 65.8 Å². The quantitative estimate of drug-likeness (QED) is 0.785. The van der Waals surface area contributed by atoms with Gasteiger partial charge in [-0.05, 0) is 25.0 Å². The molecule has 0 bridgehead atoms. The van der Waals surface area contributed by atoms with Gasteiger partial charge in [-0.15, -0.1) is 0 Å². The van der Waals surface area contributed by atoms with Gasteiger partial charge in [0.1, 0.15) is 0 Å². The van der Waals surface area contributed by atoms with Crippen molar-refractivity contribution in [1.82, 2.24) is 14.7 Å². The van der Waals surface area contributed by atoms with Crippen molar-refractivity contribution in [2.24, 2.45) is 11.3 Å². The monoisotopic (exact) mass is 385 g/mol. The van der Waals surface area contributed by atoms with Crippen molar-refractivity contribution in [2.75, 3.05) is 39.3 Å². The highest BCUT2D eigenvalue weighted by Crippen LogP contribution is 2.25. The Kier molecular flexibility index (Phi) is 6.06. The maximum atomic E-state index is 12.9. The molecular weight excluding hydrogens is 354 g/mol. The Hall–Kier alpha value is -2.37. The first-order valence-corrected chi connectivity index (χ1v) is 10.2. The largest absolute Gasteiger partial charge is 0.342 e. The van der Waals surface area contributed by atoms with Crippen LogP contribution in [0.1, 0.15) is 44.0 Å². The lowest BCUT2D eigenvalue weighted by Crippen LogP contribution is -2.53. The Labute approximate surface area is 167 Å². The van der Waals surface area contributed by atoms with E-state index in [1.165, 1.54) is 0 Å². The summed E-state index contributed by atoms with van der Waals surface area (Å²) in [5.41, 5.74) is 0.316. The summed E-state index contributed by atoms with van der Waals surface area (Å²) >= 11 is 0. The van der Waals surface area contributed by atoms with Crippen LogP contribution in [0.15, 0.2) is 30.3 Å². The number of benzene rings is 1. The number of rotatable bonds is 2. The molecule has 0 saturated carbocycles. The number of nitrogens with zero attached hydrogens (tertiary/aromatic N) is 3. The predicted octanol–water partition coefficient (Wildman–Crippen LogP) is 2.26. The maximum Gasteiger partial charge on any atom is 0.253 e. The third-order valence-corrected chi connectivity index (χ3v) is 5.67. The van der Waals surface area contributed by atoms with Gasteiger partial charge >= 0.3 is 0 Å². The molecule has 0 N–H and O–H groups in total. The summed E-state index contributed by atoms with van der Waals surface area (Å²) < 4.78 is 0. The minimum atomic E-state index is -0.377. The number of hydrogen-bond acceptors (Lipinski definition) is 3. The average Bonchev–Trinajstić information content (AvgIpc) is 2.72. The molecule has 2 aliphatic rings. The molecule has 0 unspecified atom stereocenters. The number of likely N-dealkylation sites (tertiary alicyclic amines) is 1. The van der Waals surface area contributed by atoms with E-state index >= 15 is 0 Å². The topological polar surface area (TPSA) is 60.9 Å². The zero-order valence-corrected chi connectivity index (χ0v) is 17.2. The lowest BCUT2D eigenvalue weighted by Gasteiger charge is -2.39. The van der Waals surface area contributed by atoms with Crippen molar-refractivity contribution >= 4 is 17.7 Å². The molecule has 0 radical (unpaired) electrons. The summed E-state index contributed by atoms with van der Waals surface area (Å²) in [6.45, 7) is 9.41. The summed E-state index contributed by atoms with van der Waals surface area (Å²) in [4.78, 5) is 43.4. The molecule has 0 aromatic heterocycles. The number of piperazine rings is 1. The molecule has 3 amide bonds. The normalized spacial score (nSPS) is 18.9. The van der Waals surface area contributed by atoms with E-state index in [1.54, 1.807) is 0 Å². The first-order valence-electron chi connectivity index (χ1n) is 10.2. The molecule has 2 aliphatic heterocycles. The van der Waals surface area contributed by atoms with E-state index in [-0.39, 0.29) is 29.1 Å². The molecule has 28 heavy (non-hydrogen) atoms. The highest BCUT2D eigenvalue weighted by molar-refractivity contribution is 5.94. The second kappa shape index (κ2) is 8.33. The lowest BCUT2D eigenvalue weighted by molar-refractivity contribution is -0.145. The number of carbonyl (C=O) groups is 3. The van der Waals surface area contributed by atoms with Gasteiger partial charge in [0.2, 0.25) is 11.8 Å². The van der Waals surface area contributed by atoms with Crippen LogP contribution in [0.2, 0.25) is 0 Å². The second-order valence-corrected chi connectivity index (χ2v) is 8.80. The molecule has 152 valence electrons. The van der Waals surface area contributed by atoms with Gasteiger partial charge in [-0.2, -0.15) is 0 Å². The van der Waals surface area contributed by atoms with Crippen LogP contribution in [0.5, 0.6) is 0 Å². The fourth-order valence-electron chi connectivity index (χ4n) is 3.96. The number of hydrogen-bond donors (Lipinski definition) is 0. The van der Waals surface area contributed by atoms with E-state index in [0.717, 1.165) is 12.8 Å². The molecule has 1 aromatic carbocycles. The SMILES string of the molecule is CC(C)(C)C(=O)N1CCC(C(=O)N2CCN(C(=O)c3ccccc3)CC2)CC1. The first-order chi connectivity index (χ1) is 13.3. The predicted molar refractivity (Wildman–Crippen MR) is 108 cm³/mol.